The molecule has 94 valence electrons. The Kier molecular flexibility index (Phi) is 3.17. The Morgan fingerprint density at radius 1 is 1.29 bits per heavy atom. The molecule has 2 rings (SSSR count). The maximum absolute atomic E-state index is 9.67. The van der Waals surface area contributed by atoms with Gasteiger partial charge in [0.1, 0.15) is 5.75 Å². The van der Waals surface area contributed by atoms with Crippen LogP contribution in [0.3, 0.4) is 0 Å². The highest BCUT2D eigenvalue weighted by Gasteiger charge is 2.40. The number of methoxy groups -OCH3 is 1. The lowest BCUT2D eigenvalue weighted by Crippen LogP contribution is -2.37. The SMILES string of the molecule is COc1ccc2c(c1)C(C)(CO)SCC2(C)C. The molecule has 0 saturated carbocycles. The minimum atomic E-state index is -0.209. The van der Waals surface area contributed by atoms with Crippen LogP contribution in [0.5, 0.6) is 5.75 Å². The van der Waals surface area contributed by atoms with Crippen molar-refractivity contribution < 1.29 is 9.84 Å². The summed E-state index contributed by atoms with van der Waals surface area (Å²) in [5, 5.41) is 9.67. The normalized spacial score (nSPS) is 26.4. The number of hydrogen-bond donors (Lipinski definition) is 1. The van der Waals surface area contributed by atoms with E-state index in [1.807, 2.05) is 17.8 Å². The third kappa shape index (κ3) is 2.06. The second kappa shape index (κ2) is 4.21. The van der Waals surface area contributed by atoms with E-state index in [2.05, 4.69) is 32.9 Å². The number of thioether (sulfide) groups is 1. The molecule has 1 aromatic carbocycles. The van der Waals surface area contributed by atoms with Crippen LogP contribution in [0.25, 0.3) is 0 Å². The molecule has 0 amide bonds. The molecule has 0 fully saturated rings. The molecule has 17 heavy (non-hydrogen) atoms. The standard InChI is InChI=1S/C14H20O2S/c1-13(2)9-17-14(3,8-15)12-7-10(16-4)5-6-11(12)13/h5-7,15H,8-9H2,1-4H3. The van der Waals surface area contributed by atoms with Crippen molar-refractivity contribution in [2.75, 3.05) is 19.5 Å². The Hall–Kier alpha value is -0.670. The van der Waals surface area contributed by atoms with Gasteiger partial charge in [-0.05, 0) is 35.6 Å². The fourth-order valence-corrected chi connectivity index (χ4v) is 3.55. The number of rotatable bonds is 2. The topological polar surface area (TPSA) is 29.5 Å². The lowest BCUT2D eigenvalue weighted by Gasteiger charge is -2.42. The van der Waals surface area contributed by atoms with Crippen molar-refractivity contribution in [3.8, 4) is 5.75 Å². The lowest BCUT2D eigenvalue weighted by molar-refractivity contribution is 0.254. The second-order valence-corrected chi connectivity index (χ2v) is 6.95. The van der Waals surface area contributed by atoms with Crippen molar-refractivity contribution in [3.63, 3.8) is 0 Å². The first-order chi connectivity index (χ1) is 7.93. The van der Waals surface area contributed by atoms with Crippen molar-refractivity contribution in [2.24, 2.45) is 0 Å². The van der Waals surface area contributed by atoms with Gasteiger partial charge in [-0.3, -0.25) is 0 Å². The van der Waals surface area contributed by atoms with Gasteiger partial charge >= 0.3 is 0 Å². The predicted molar refractivity (Wildman–Crippen MR) is 72.9 cm³/mol. The molecule has 1 atom stereocenters. The average molecular weight is 252 g/mol. The van der Waals surface area contributed by atoms with Crippen LogP contribution in [-0.2, 0) is 10.2 Å². The van der Waals surface area contributed by atoms with Crippen LogP contribution < -0.4 is 4.74 Å². The third-order valence-electron chi connectivity index (χ3n) is 3.58. The predicted octanol–water partition coefficient (Wildman–Crippen LogP) is 2.93. The Labute approximate surface area is 107 Å². The fourth-order valence-electron chi connectivity index (χ4n) is 2.30. The number of aliphatic hydroxyl groups excluding tert-OH is 1. The molecule has 1 aliphatic heterocycles. The van der Waals surface area contributed by atoms with Gasteiger partial charge in [0, 0.05) is 5.75 Å². The molecule has 0 aromatic heterocycles. The molecule has 1 N–H and O–H groups in total. The molecule has 1 aliphatic rings. The van der Waals surface area contributed by atoms with E-state index in [1.165, 1.54) is 11.1 Å². The van der Waals surface area contributed by atoms with Crippen LogP contribution >= 0.6 is 11.8 Å². The van der Waals surface area contributed by atoms with E-state index in [4.69, 9.17) is 4.74 Å². The van der Waals surface area contributed by atoms with Gasteiger partial charge < -0.3 is 9.84 Å². The number of benzene rings is 1. The summed E-state index contributed by atoms with van der Waals surface area (Å²) in [6.45, 7) is 6.77. The quantitative estimate of drug-likeness (QED) is 0.877. The van der Waals surface area contributed by atoms with Crippen molar-refractivity contribution in [1.82, 2.24) is 0 Å². The van der Waals surface area contributed by atoms with Gasteiger partial charge in [-0.25, -0.2) is 0 Å². The first kappa shape index (κ1) is 12.8. The van der Waals surface area contributed by atoms with Crippen LogP contribution in [0, 0.1) is 0 Å². The van der Waals surface area contributed by atoms with Gasteiger partial charge in [-0.2, -0.15) is 0 Å². The van der Waals surface area contributed by atoms with E-state index in [1.54, 1.807) is 7.11 Å². The van der Waals surface area contributed by atoms with Gasteiger partial charge in [0.2, 0.25) is 0 Å². The Bertz CT molecular complexity index is 428. The summed E-state index contributed by atoms with van der Waals surface area (Å²) in [6.07, 6.45) is 0. The maximum atomic E-state index is 9.67. The highest BCUT2D eigenvalue weighted by Crippen LogP contribution is 2.49. The van der Waals surface area contributed by atoms with Crippen molar-refractivity contribution in [3.05, 3.63) is 29.3 Å². The van der Waals surface area contributed by atoms with Crippen LogP contribution in [-0.4, -0.2) is 24.6 Å². The molecule has 2 nitrogen and oxygen atoms in total. The van der Waals surface area contributed by atoms with Crippen LogP contribution in [0.2, 0.25) is 0 Å². The highest BCUT2D eigenvalue weighted by molar-refractivity contribution is 8.00. The Balaban J connectivity index is 2.60. The molecule has 1 heterocycles. The zero-order chi connectivity index (χ0) is 12.7. The number of fused-ring (bicyclic) bond motifs is 1. The van der Waals surface area contributed by atoms with E-state index in [9.17, 15) is 5.11 Å². The molecule has 0 aliphatic carbocycles. The fraction of sp³-hybridized carbons (Fsp3) is 0.571. The second-order valence-electron chi connectivity index (χ2n) is 5.47. The molecule has 3 heteroatoms. The summed E-state index contributed by atoms with van der Waals surface area (Å²) in [4.78, 5) is 0. The van der Waals surface area contributed by atoms with Crippen LogP contribution in [0.4, 0.5) is 0 Å². The monoisotopic (exact) mass is 252 g/mol. The van der Waals surface area contributed by atoms with E-state index in [0.29, 0.717) is 0 Å². The summed E-state index contributed by atoms with van der Waals surface area (Å²) < 4.78 is 5.09. The summed E-state index contributed by atoms with van der Waals surface area (Å²) in [5.74, 6) is 1.89. The molecular weight excluding hydrogens is 232 g/mol. The summed E-state index contributed by atoms with van der Waals surface area (Å²) in [5.41, 5.74) is 2.69. The molecule has 1 aromatic rings. The summed E-state index contributed by atoms with van der Waals surface area (Å²) >= 11 is 1.83. The average Bonchev–Trinajstić information content (AvgIpc) is 2.34. The molecule has 1 unspecified atom stereocenters. The first-order valence-electron chi connectivity index (χ1n) is 5.87. The Morgan fingerprint density at radius 3 is 2.59 bits per heavy atom. The minimum Gasteiger partial charge on any atom is -0.497 e. The summed E-state index contributed by atoms with van der Waals surface area (Å²) in [6, 6.07) is 6.22. The molecule has 0 saturated heterocycles. The van der Waals surface area contributed by atoms with Crippen LogP contribution in [0.15, 0.2) is 18.2 Å². The van der Waals surface area contributed by atoms with Gasteiger partial charge in [-0.1, -0.05) is 19.9 Å². The van der Waals surface area contributed by atoms with E-state index < -0.39 is 0 Å². The molecule has 0 bridgehead atoms. The Morgan fingerprint density at radius 2 is 2.00 bits per heavy atom. The number of ether oxygens (including phenoxy) is 1. The zero-order valence-corrected chi connectivity index (χ0v) is 11.7. The minimum absolute atomic E-state index is 0.154. The molecule has 0 radical (unpaired) electrons. The van der Waals surface area contributed by atoms with E-state index in [-0.39, 0.29) is 16.8 Å². The molecular formula is C14H20O2S. The number of hydrogen-bond acceptors (Lipinski definition) is 3. The molecule has 0 spiro atoms. The van der Waals surface area contributed by atoms with Crippen LogP contribution in [0.1, 0.15) is 31.9 Å². The summed E-state index contributed by atoms with van der Waals surface area (Å²) in [7, 11) is 1.68. The van der Waals surface area contributed by atoms with E-state index in [0.717, 1.165) is 11.5 Å². The van der Waals surface area contributed by atoms with Gasteiger partial charge in [0.25, 0.3) is 0 Å². The highest BCUT2D eigenvalue weighted by atomic mass is 32.2. The van der Waals surface area contributed by atoms with E-state index >= 15 is 0 Å². The van der Waals surface area contributed by atoms with Crippen molar-refractivity contribution in [2.45, 2.75) is 30.9 Å². The third-order valence-corrected chi connectivity index (χ3v) is 5.43. The van der Waals surface area contributed by atoms with Gasteiger partial charge in [-0.15, -0.1) is 11.8 Å². The largest absolute Gasteiger partial charge is 0.497 e. The zero-order valence-electron chi connectivity index (χ0n) is 10.9. The maximum Gasteiger partial charge on any atom is 0.119 e. The smallest absolute Gasteiger partial charge is 0.119 e. The van der Waals surface area contributed by atoms with Crippen molar-refractivity contribution >= 4 is 11.8 Å². The van der Waals surface area contributed by atoms with Gasteiger partial charge in [0.05, 0.1) is 18.5 Å². The van der Waals surface area contributed by atoms with Crippen molar-refractivity contribution in [1.29, 1.82) is 0 Å². The van der Waals surface area contributed by atoms with Gasteiger partial charge in [0.15, 0.2) is 0 Å². The lowest BCUT2D eigenvalue weighted by atomic mass is 9.79. The number of aliphatic hydroxyl groups is 1. The first-order valence-corrected chi connectivity index (χ1v) is 6.85.